The van der Waals surface area contributed by atoms with Crippen LogP contribution in [0.15, 0.2) is 65.3 Å². The molecule has 7 heteroatoms. The number of nitrogens with zero attached hydrogens (tertiary/aromatic N) is 3. The van der Waals surface area contributed by atoms with Crippen LogP contribution < -0.4 is 4.90 Å². The van der Waals surface area contributed by atoms with Gasteiger partial charge in [-0.25, -0.2) is 0 Å². The number of fused-ring (bicyclic) bond motifs is 1. The van der Waals surface area contributed by atoms with Gasteiger partial charge in [0.2, 0.25) is 0 Å². The fourth-order valence-electron chi connectivity index (χ4n) is 3.77. The summed E-state index contributed by atoms with van der Waals surface area (Å²) in [5.41, 5.74) is 3.65. The van der Waals surface area contributed by atoms with E-state index in [-0.39, 0.29) is 17.7 Å². The van der Waals surface area contributed by atoms with Crippen LogP contribution in [0.3, 0.4) is 0 Å². The summed E-state index contributed by atoms with van der Waals surface area (Å²) in [5.74, 6) is 0. The van der Waals surface area contributed by atoms with Gasteiger partial charge in [0, 0.05) is 42.2 Å². The SMILES string of the molecule is CN1/C(=C\C=N[C@H](CO)[C@@H](O)c2ccc([N+](=O)[O-])cc2)C(C)(C)c2ccccc21. The van der Waals surface area contributed by atoms with E-state index in [1.165, 1.54) is 29.8 Å². The second-order valence-electron chi connectivity index (χ2n) is 7.59. The Bertz CT molecular complexity index is 951. The zero-order chi connectivity index (χ0) is 21.2. The molecule has 152 valence electrons. The van der Waals surface area contributed by atoms with Gasteiger partial charge in [-0.1, -0.05) is 32.0 Å². The van der Waals surface area contributed by atoms with E-state index in [0.29, 0.717) is 5.56 Å². The molecule has 1 aliphatic rings. The topological polar surface area (TPSA) is 99.2 Å². The third-order valence-corrected chi connectivity index (χ3v) is 5.45. The number of aliphatic hydroxyl groups is 2. The number of nitro groups is 1. The minimum Gasteiger partial charge on any atom is -0.394 e. The summed E-state index contributed by atoms with van der Waals surface area (Å²) in [6, 6.07) is 13.0. The van der Waals surface area contributed by atoms with Gasteiger partial charge in [-0.15, -0.1) is 0 Å². The van der Waals surface area contributed by atoms with Crippen molar-refractivity contribution in [3.05, 3.63) is 81.5 Å². The molecule has 0 amide bonds. The molecule has 0 saturated heterocycles. The molecule has 0 fully saturated rings. The molecule has 29 heavy (non-hydrogen) atoms. The number of aliphatic hydroxyl groups excluding tert-OH is 2. The first kappa shape index (κ1) is 20.7. The van der Waals surface area contributed by atoms with E-state index >= 15 is 0 Å². The molecule has 0 unspecified atom stereocenters. The molecule has 3 rings (SSSR count). The van der Waals surface area contributed by atoms with Gasteiger partial charge < -0.3 is 15.1 Å². The number of hydrogen-bond donors (Lipinski definition) is 2. The van der Waals surface area contributed by atoms with E-state index in [2.05, 4.69) is 35.9 Å². The van der Waals surface area contributed by atoms with Crippen molar-refractivity contribution in [1.82, 2.24) is 0 Å². The smallest absolute Gasteiger partial charge is 0.269 e. The Morgan fingerprint density at radius 3 is 2.45 bits per heavy atom. The number of rotatable bonds is 6. The van der Waals surface area contributed by atoms with Gasteiger partial charge in [0.15, 0.2) is 0 Å². The van der Waals surface area contributed by atoms with Gasteiger partial charge >= 0.3 is 0 Å². The molecule has 2 aromatic rings. The Morgan fingerprint density at radius 2 is 1.86 bits per heavy atom. The minimum atomic E-state index is -1.07. The Morgan fingerprint density at radius 1 is 1.21 bits per heavy atom. The van der Waals surface area contributed by atoms with Crippen LogP contribution in [0.25, 0.3) is 0 Å². The van der Waals surface area contributed by atoms with E-state index in [1.807, 2.05) is 25.3 Å². The van der Waals surface area contributed by atoms with Crippen LogP contribution in [0, 0.1) is 10.1 Å². The Hall–Kier alpha value is -3.03. The lowest BCUT2D eigenvalue weighted by Gasteiger charge is -2.23. The second-order valence-corrected chi connectivity index (χ2v) is 7.59. The van der Waals surface area contributed by atoms with Crippen molar-refractivity contribution in [2.75, 3.05) is 18.6 Å². The maximum Gasteiger partial charge on any atom is 0.269 e. The number of hydrogen-bond acceptors (Lipinski definition) is 6. The Labute approximate surface area is 169 Å². The van der Waals surface area contributed by atoms with E-state index in [4.69, 9.17) is 0 Å². The lowest BCUT2D eigenvalue weighted by atomic mass is 9.84. The zero-order valence-electron chi connectivity index (χ0n) is 16.7. The summed E-state index contributed by atoms with van der Waals surface area (Å²) in [4.78, 5) is 16.7. The molecule has 0 aromatic heterocycles. The first-order chi connectivity index (χ1) is 13.8. The molecule has 1 aliphatic heterocycles. The van der Waals surface area contributed by atoms with Gasteiger partial charge in [-0.3, -0.25) is 15.1 Å². The highest BCUT2D eigenvalue weighted by Crippen LogP contribution is 2.46. The number of nitro benzene ring substituents is 1. The summed E-state index contributed by atoms with van der Waals surface area (Å²) in [6.45, 7) is 3.94. The number of non-ortho nitro benzene ring substituents is 1. The molecular weight excluding hydrogens is 370 g/mol. The third-order valence-electron chi connectivity index (χ3n) is 5.45. The maximum atomic E-state index is 10.8. The van der Waals surface area contributed by atoms with Crippen molar-refractivity contribution in [2.45, 2.75) is 31.4 Å². The van der Waals surface area contributed by atoms with Gasteiger partial charge in [0.25, 0.3) is 5.69 Å². The number of para-hydroxylation sites is 1. The number of anilines is 1. The Balaban J connectivity index is 1.80. The van der Waals surface area contributed by atoms with Gasteiger partial charge in [-0.2, -0.15) is 0 Å². The Kier molecular flexibility index (Phi) is 5.81. The van der Waals surface area contributed by atoms with Crippen LogP contribution in [-0.2, 0) is 5.41 Å². The summed E-state index contributed by atoms with van der Waals surface area (Å²) < 4.78 is 0. The van der Waals surface area contributed by atoms with Crippen molar-refractivity contribution in [3.63, 3.8) is 0 Å². The van der Waals surface area contributed by atoms with Crippen molar-refractivity contribution in [2.24, 2.45) is 4.99 Å². The second kappa shape index (κ2) is 8.14. The quantitative estimate of drug-likeness (QED) is 0.444. The van der Waals surface area contributed by atoms with E-state index in [1.54, 1.807) is 6.21 Å². The molecule has 7 nitrogen and oxygen atoms in total. The van der Waals surface area contributed by atoms with Gasteiger partial charge in [0.05, 0.1) is 11.5 Å². The van der Waals surface area contributed by atoms with Crippen molar-refractivity contribution >= 4 is 17.6 Å². The standard InChI is InChI=1S/C22H25N3O4/c1-22(2)17-6-4-5-7-19(17)24(3)20(22)12-13-23-18(14-26)21(27)15-8-10-16(11-9-15)25(28)29/h4-13,18,21,26-27H,14H2,1-3H3/b20-12-,23-13?/t18-,21+/m1/s1. The molecule has 0 saturated carbocycles. The molecule has 1 heterocycles. The predicted molar refractivity (Wildman–Crippen MR) is 113 cm³/mol. The number of likely N-dealkylation sites (N-methyl/N-ethyl adjacent to an activating group) is 1. The first-order valence-corrected chi connectivity index (χ1v) is 9.37. The fourth-order valence-corrected chi connectivity index (χ4v) is 3.77. The van der Waals surface area contributed by atoms with Crippen LogP contribution in [-0.4, -0.2) is 41.0 Å². The number of benzene rings is 2. The van der Waals surface area contributed by atoms with Crippen molar-refractivity contribution in [3.8, 4) is 0 Å². The average molecular weight is 395 g/mol. The minimum absolute atomic E-state index is 0.0548. The summed E-state index contributed by atoms with van der Waals surface area (Å²) >= 11 is 0. The zero-order valence-corrected chi connectivity index (χ0v) is 16.7. The highest BCUT2D eigenvalue weighted by atomic mass is 16.6. The van der Waals surface area contributed by atoms with Gasteiger partial charge in [0.1, 0.15) is 12.1 Å². The predicted octanol–water partition coefficient (Wildman–Crippen LogP) is 3.37. The fraction of sp³-hybridized carbons (Fsp3) is 0.318. The number of aliphatic imine (C=N–C) groups is 1. The lowest BCUT2D eigenvalue weighted by Crippen LogP contribution is -2.23. The van der Waals surface area contributed by atoms with E-state index in [9.17, 15) is 20.3 Å². The molecular formula is C22H25N3O4. The monoisotopic (exact) mass is 395 g/mol. The van der Waals surface area contributed by atoms with Crippen LogP contribution in [0.5, 0.6) is 0 Å². The van der Waals surface area contributed by atoms with Crippen LogP contribution in [0.2, 0.25) is 0 Å². The van der Waals surface area contributed by atoms with Crippen LogP contribution >= 0.6 is 0 Å². The normalized spacial score (nSPS) is 18.8. The van der Waals surface area contributed by atoms with Crippen LogP contribution in [0.4, 0.5) is 11.4 Å². The molecule has 2 atom stereocenters. The molecule has 0 spiro atoms. The van der Waals surface area contributed by atoms with E-state index < -0.39 is 17.1 Å². The van der Waals surface area contributed by atoms with Crippen molar-refractivity contribution < 1.29 is 15.1 Å². The molecule has 0 radical (unpaired) electrons. The highest BCUT2D eigenvalue weighted by molar-refractivity contribution is 5.79. The average Bonchev–Trinajstić information content (AvgIpc) is 2.91. The number of allylic oxidation sites excluding steroid dienone is 2. The first-order valence-electron chi connectivity index (χ1n) is 9.37. The van der Waals surface area contributed by atoms with Crippen LogP contribution in [0.1, 0.15) is 31.1 Å². The van der Waals surface area contributed by atoms with Gasteiger partial charge in [-0.05, 0) is 35.4 Å². The molecule has 0 bridgehead atoms. The molecule has 2 aromatic carbocycles. The summed E-state index contributed by atoms with van der Waals surface area (Å²) in [7, 11) is 2.00. The van der Waals surface area contributed by atoms with Crippen molar-refractivity contribution in [1.29, 1.82) is 0 Å². The summed E-state index contributed by atoms with van der Waals surface area (Å²) in [5, 5.41) is 31.0. The van der Waals surface area contributed by atoms with E-state index in [0.717, 1.165) is 11.4 Å². The summed E-state index contributed by atoms with van der Waals surface area (Å²) in [6.07, 6.45) is 2.43. The molecule has 2 N–H and O–H groups in total. The molecule has 0 aliphatic carbocycles. The third kappa shape index (κ3) is 3.92. The maximum absolute atomic E-state index is 10.8. The lowest BCUT2D eigenvalue weighted by molar-refractivity contribution is -0.384. The largest absolute Gasteiger partial charge is 0.394 e. The highest BCUT2D eigenvalue weighted by Gasteiger charge is 2.37.